The summed E-state index contributed by atoms with van der Waals surface area (Å²) in [6.07, 6.45) is 1.87. The maximum absolute atomic E-state index is 13.6. The Morgan fingerprint density at radius 2 is 1.74 bits per heavy atom. The van der Waals surface area contributed by atoms with Crippen molar-refractivity contribution in [3.05, 3.63) is 90.6 Å². The lowest BCUT2D eigenvalue weighted by Gasteiger charge is -2.24. The van der Waals surface area contributed by atoms with Gasteiger partial charge in [-0.2, -0.15) is 0 Å². The molecular weight excluding hydrogens is 462 g/mol. The number of thiazole rings is 1. The standard InChI is InChI=1S/C27H29N3O4S/c1-6-29(7-2)20-12-8-18(9-13-20)16-22-25(31)30-24(19-10-14-21(33-4)15-11-19)23(26(32)34-5)17(3)28-27(30)35-22/h8-16,24H,6-7H2,1-5H3/b22-16-/t24-/m0/s1. The molecule has 2 heterocycles. The van der Waals surface area contributed by atoms with Crippen LogP contribution in [0.1, 0.15) is 37.9 Å². The van der Waals surface area contributed by atoms with Crippen molar-refractivity contribution in [1.82, 2.24) is 4.57 Å². The Labute approximate surface area is 208 Å². The molecule has 35 heavy (non-hydrogen) atoms. The van der Waals surface area contributed by atoms with Gasteiger partial charge in [-0.25, -0.2) is 9.79 Å². The highest BCUT2D eigenvalue weighted by molar-refractivity contribution is 7.07. The van der Waals surface area contributed by atoms with Crippen LogP contribution in [0.4, 0.5) is 5.69 Å². The van der Waals surface area contributed by atoms with E-state index in [2.05, 4.69) is 35.9 Å². The van der Waals surface area contributed by atoms with Crippen LogP contribution in [0.2, 0.25) is 0 Å². The fourth-order valence-corrected chi connectivity index (χ4v) is 5.36. The molecule has 4 rings (SSSR count). The lowest BCUT2D eigenvalue weighted by Crippen LogP contribution is -2.39. The Hall–Kier alpha value is -3.65. The van der Waals surface area contributed by atoms with Gasteiger partial charge in [-0.15, -0.1) is 0 Å². The van der Waals surface area contributed by atoms with Gasteiger partial charge in [0.05, 0.1) is 36.1 Å². The largest absolute Gasteiger partial charge is 0.497 e. The van der Waals surface area contributed by atoms with Crippen molar-refractivity contribution in [2.24, 2.45) is 4.99 Å². The van der Waals surface area contributed by atoms with E-state index >= 15 is 0 Å². The Balaban J connectivity index is 1.85. The molecule has 0 unspecified atom stereocenters. The second-order valence-corrected chi connectivity index (χ2v) is 9.12. The topological polar surface area (TPSA) is 73.1 Å². The number of carbonyl (C=O) groups is 1. The molecule has 3 aromatic rings. The highest BCUT2D eigenvalue weighted by Gasteiger charge is 2.33. The van der Waals surface area contributed by atoms with Gasteiger partial charge >= 0.3 is 5.97 Å². The zero-order valence-corrected chi connectivity index (χ0v) is 21.4. The van der Waals surface area contributed by atoms with E-state index in [9.17, 15) is 9.59 Å². The minimum Gasteiger partial charge on any atom is -0.497 e. The van der Waals surface area contributed by atoms with E-state index in [0.29, 0.717) is 26.4 Å². The number of nitrogens with zero attached hydrogens (tertiary/aromatic N) is 3. The molecule has 0 amide bonds. The summed E-state index contributed by atoms with van der Waals surface area (Å²) in [6.45, 7) is 7.89. The minimum absolute atomic E-state index is 0.198. The van der Waals surface area contributed by atoms with Crippen molar-refractivity contribution in [3.8, 4) is 5.75 Å². The molecule has 0 aliphatic carbocycles. The Bertz CT molecular complexity index is 1430. The van der Waals surface area contributed by atoms with Gasteiger partial charge in [0.15, 0.2) is 4.80 Å². The predicted molar refractivity (Wildman–Crippen MR) is 139 cm³/mol. The van der Waals surface area contributed by atoms with Crippen LogP contribution >= 0.6 is 11.3 Å². The molecule has 2 aromatic carbocycles. The predicted octanol–water partition coefficient (Wildman–Crippen LogP) is 3.26. The molecular formula is C27H29N3O4S. The maximum atomic E-state index is 13.6. The summed E-state index contributed by atoms with van der Waals surface area (Å²) in [7, 11) is 2.93. The first-order valence-corrected chi connectivity index (χ1v) is 12.3. The zero-order valence-electron chi connectivity index (χ0n) is 20.6. The minimum atomic E-state index is -0.642. The maximum Gasteiger partial charge on any atom is 0.338 e. The van der Waals surface area contributed by atoms with E-state index in [1.165, 1.54) is 18.4 Å². The Morgan fingerprint density at radius 1 is 1.09 bits per heavy atom. The summed E-state index contributed by atoms with van der Waals surface area (Å²) in [5, 5.41) is 0. The number of allylic oxidation sites excluding steroid dienone is 1. The molecule has 0 N–H and O–H groups in total. The van der Waals surface area contributed by atoms with Crippen LogP contribution in [0.5, 0.6) is 5.75 Å². The molecule has 0 saturated carbocycles. The van der Waals surface area contributed by atoms with Crippen LogP contribution in [0, 0.1) is 0 Å². The highest BCUT2D eigenvalue weighted by Crippen LogP contribution is 2.31. The van der Waals surface area contributed by atoms with E-state index in [0.717, 1.165) is 29.9 Å². The Morgan fingerprint density at radius 3 is 2.31 bits per heavy atom. The number of fused-ring (bicyclic) bond motifs is 1. The molecule has 7 nitrogen and oxygen atoms in total. The molecule has 1 aliphatic heterocycles. The summed E-state index contributed by atoms with van der Waals surface area (Å²) in [5.74, 6) is 0.183. The Kier molecular flexibility index (Phi) is 7.21. The van der Waals surface area contributed by atoms with E-state index < -0.39 is 12.0 Å². The van der Waals surface area contributed by atoms with Gasteiger partial charge in [-0.05, 0) is 62.2 Å². The van der Waals surface area contributed by atoms with Crippen LogP contribution in [-0.4, -0.2) is 37.8 Å². The lowest BCUT2D eigenvalue weighted by molar-refractivity contribution is -0.136. The first kappa shape index (κ1) is 24.5. The van der Waals surface area contributed by atoms with Crippen LogP contribution in [-0.2, 0) is 9.53 Å². The van der Waals surface area contributed by atoms with Gasteiger partial charge in [0.2, 0.25) is 0 Å². The normalized spacial score (nSPS) is 15.5. The quantitative estimate of drug-likeness (QED) is 0.475. The summed E-state index contributed by atoms with van der Waals surface area (Å²) in [6, 6.07) is 14.8. The van der Waals surface area contributed by atoms with E-state index in [1.807, 2.05) is 42.5 Å². The average molecular weight is 492 g/mol. The molecule has 0 radical (unpaired) electrons. The van der Waals surface area contributed by atoms with E-state index in [-0.39, 0.29) is 5.56 Å². The van der Waals surface area contributed by atoms with Crippen LogP contribution in [0.15, 0.2) is 69.6 Å². The number of hydrogen-bond donors (Lipinski definition) is 0. The number of ether oxygens (including phenoxy) is 2. The number of hydrogen-bond acceptors (Lipinski definition) is 7. The molecule has 0 fully saturated rings. The van der Waals surface area contributed by atoms with Crippen molar-refractivity contribution in [2.45, 2.75) is 26.8 Å². The number of esters is 1. The second-order valence-electron chi connectivity index (χ2n) is 8.11. The van der Waals surface area contributed by atoms with Crippen LogP contribution in [0.25, 0.3) is 6.08 Å². The van der Waals surface area contributed by atoms with Crippen molar-refractivity contribution in [3.63, 3.8) is 0 Å². The first-order chi connectivity index (χ1) is 16.9. The SMILES string of the molecule is CCN(CC)c1ccc(/C=c2\sc3n(c2=O)[C@@H](c2ccc(OC)cc2)C(C(=O)OC)=C(C)N=3)cc1. The van der Waals surface area contributed by atoms with Gasteiger partial charge in [0.25, 0.3) is 5.56 Å². The van der Waals surface area contributed by atoms with Gasteiger partial charge in [-0.1, -0.05) is 35.6 Å². The zero-order chi connectivity index (χ0) is 25.1. The van der Waals surface area contributed by atoms with Crippen molar-refractivity contribution in [1.29, 1.82) is 0 Å². The van der Waals surface area contributed by atoms with Gasteiger partial charge in [0, 0.05) is 18.8 Å². The molecule has 0 saturated heterocycles. The monoisotopic (exact) mass is 491 g/mol. The molecule has 1 atom stereocenters. The fourth-order valence-electron chi connectivity index (χ4n) is 4.32. The van der Waals surface area contributed by atoms with E-state index in [1.54, 1.807) is 18.6 Å². The smallest absolute Gasteiger partial charge is 0.338 e. The van der Waals surface area contributed by atoms with Crippen molar-refractivity contribution < 1.29 is 14.3 Å². The second kappa shape index (κ2) is 10.3. The van der Waals surface area contributed by atoms with Crippen molar-refractivity contribution >= 4 is 29.1 Å². The summed E-state index contributed by atoms with van der Waals surface area (Å²) < 4.78 is 12.5. The molecule has 1 aromatic heterocycles. The molecule has 8 heteroatoms. The fraction of sp³-hybridized carbons (Fsp3) is 0.296. The van der Waals surface area contributed by atoms with Gasteiger partial charge < -0.3 is 14.4 Å². The molecule has 0 spiro atoms. The van der Waals surface area contributed by atoms with Crippen LogP contribution < -0.4 is 24.5 Å². The number of aromatic nitrogens is 1. The molecule has 182 valence electrons. The molecule has 0 bridgehead atoms. The number of benzene rings is 2. The summed E-state index contributed by atoms with van der Waals surface area (Å²) in [4.78, 5) is 33.8. The highest BCUT2D eigenvalue weighted by atomic mass is 32.1. The third-order valence-electron chi connectivity index (χ3n) is 6.18. The van der Waals surface area contributed by atoms with Crippen LogP contribution in [0.3, 0.4) is 0 Å². The molecule has 1 aliphatic rings. The van der Waals surface area contributed by atoms with Gasteiger partial charge in [0.1, 0.15) is 5.75 Å². The third-order valence-corrected chi connectivity index (χ3v) is 7.16. The number of carbonyl (C=O) groups excluding carboxylic acids is 1. The average Bonchev–Trinajstić information content (AvgIpc) is 3.18. The number of rotatable bonds is 7. The summed E-state index contributed by atoms with van der Waals surface area (Å²) >= 11 is 1.31. The van der Waals surface area contributed by atoms with E-state index in [4.69, 9.17) is 9.47 Å². The van der Waals surface area contributed by atoms with Gasteiger partial charge in [-0.3, -0.25) is 9.36 Å². The number of methoxy groups -OCH3 is 2. The third kappa shape index (κ3) is 4.66. The number of anilines is 1. The van der Waals surface area contributed by atoms with Crippen molar-refractivity contribution in [2.75, 3.05) is 32.2 Å². The summed E-state index contributed by atoms with van der Waals surface area (Å²) in [5.41, 5.74) is 3.53. The lowest BCUT2D eigenvalue weighted by atomic mass is 9.96. The first-order valence-electron chi connectivity index (χ1n) is 11.5.